The van der Waals surface area contributed by atoms with E-state index in [1.807, 2.05) is 25.1 Å². The molecular weight excluding hydrogens is 268 g/mol. The molecule has 0 atom stereocenters. The van der Waals surface area contributed by atoms with Crippen molar-refractivity contribution in [3.8, 4) is 0 Å². The molecule has 18 heavy (non-hydrogen) atoms. The molecular formula is C12H16N2O2S2. The molecule has 0 amide bonds. The van der Waals surface area contributed by atoms with Crippen molar-refractivity contribution in [1.29, 1.82) is 0 Å². The number of sulfonamides is 1. The third-order valence-electron chi connectivity index (χ3n) is 2.61. The molecule has 0 spiro atoms. The Kier molecular flexibility index (Phi) is 3.97. The molecule has 0 aromatic heterocycles. The number of hydrogen-bond donors (Lipinski definition) is 0. The molecule has 4 nitrogen and oxygen atoms in total. The molecule has 0 aliphatic carbocycles. The van der Waals surface area contributed by atoms with Crippen LogP contribution in [0.15, 0.2) is 29.3 Å². The van der Waals surface area contributed by atoms with Crippen molar-refractivity contribution < 1.29 is 8.42 Å². The molecule has 0 radical (unpaired) electrons. The van der Waals surface area contributed by atoms with Gasteiger partial charge in [0.1, 0.15) is 0 Å². The van der Waals surface area contributed by atoms with E-state index in [0.717, 1.165) is 5.75 Å². The highest BCUT2D eigenvalue weighted by atomic mass is 32.2. The number of benzene rings is 1. The van der Waals surface area contributed by atoms with E-state index in [0.29, 0.717) is 18.3 Å². The van der Waals surface area contributed by atoms with Crippen LogP contribution in [-0.4, -0.2) is 37.2 Å². The smallest absolute Gasteiger partial charge is 0.233 e. The van der Waals surface area contributed by atoms with E-state index in [9.17, 15) is 8.42 Å². The van der Waals surface area contributed by atoms with Crippen LogP contribution in [0.25, 0.3) is 0 Å². The largest absolute Gasteiger partial charge is 0.260 e. The molecule has 6 heteroatoms. The molecule has 1 aliphatic heterocycles. The zero-order valence-electron chi connectivity index (χ0n) is 10.5. The number of hydrogen-bond acceptors (Lipinski definition) is 4. The standard InChI is InChI=1S/C12H16N2O2S2/c1-10-4-3-5-11(8-10)9-17-12-13-6-7-14(12)18(2,15)16/h3-5,8H,6-7,9H2,1-2H3. The Morgan fingerprint density at radius 3 is 2.89 bits per heavy atom. The summed E-state index contributed by atoms with van der Waals surface area (Å²) in [5.74, 6) is 0.743. The van der Waals surface area contributed by atoms with E-state index in [2.05, 4.69) is 11.1 Å². The molecule has 0 N–H and O–H groups in total. The summed E-state index contributed by atoms with van der Waals surface area (Å²) in [5, 5.41) is 0.610. The summed E-state index contributed by atoms with van der Waals surface area (Å²) in [4.78, 5) is 4.25. The summed E-state index contributed by atoms with van der Waals surface area (Å²) in [5.41, 5.74) is 2.39. The summed E-state index contributed by atoms with van der Waals surface area (Å²) in [6.07, 6.45) is 1.22. The first-order valence-electron chi connectivity index (χ1n) is 5.67. The normalized spacial score (nSPS) is 15.9. The lowest BCUT2D eigenvalue weighted by Gasteiger charge is -2.16. The number of rotatable bonds is 3. The first kappa shape index (κ1) is 13.4. The lowest BCUT2D eigenvalue weighted by Crippen LogP contribution is -2.31. The maximum Gasteiger partial charge on any atom is 0.233 e. The van der Waals surface area contributed by atoms with Gasteiger partial charge in [0.15, 0.2) is 5.17 Å². The monoisotopic (exact) mass is 284 g/mol. The number of nitrogens with zero attached hydrogens (tertiary/aromatic N) is 2. The van der Waals surface area contributed by atoms with Crippen molar-refractivity contribution in [2.24, 2.45) is 4.99 Å². The molecule has 1 heterocycles. The minimum Gasteiger partial charge on any atom is -0.260 e. The van der Waals surface area contributed by atoms with Gasteiger partial charge in [0.2, 0.25) is 10.0 Å². The van der Waals surface area contributed by atoms with Gasteiger partial charge in [0, 0.05) is 5.75 Å². The lowest BCUT2D eigenvalue weighted by molar-refractivity contribution is 0.547. The Balaban J connectivity index is 2.03. The van der Waals surface area contributed by atoms with Crippen molar-refractivity contribution in [3.05, 3.63) is 35.4 Å². The molecule has 2 rings (SSSR count). The van der Waals surface area contributed by atoms with Crippen LogP contribution in [0.4, 0.5) is 0 Å². The van der Waals surface area contributed by atoms with Crippen molar-refractivity contribution in [1.82, 2.24) is 4.31 Å². The van der Waals surface area contributed by atoms with Gasteiger partial charge in [-0.15, -0.1) is 0 Å². The van der Waals surface area contributed by atoms with Gasteiger partial charge in [-0.1, -0.05) is 41.6 Å². The van der Waals surface area contributed by atoms with Crippen LogP contribution in [-0.2, 0) is 15.8 Å². The molecule has 1 aromatic rings. The highest BCUT2D eigenvalue weighted by Crippen LogP contribution is 2.21. The van der Waals surface area contributed by atoms with Gasteiger partial charge in [0.25, 0.3) is 0 Å². The Hall–Kier alpha value is -1.01. The summed E-state index contributed by atoms with van der Waals surface area (Å²) in [6, 6.07) is 8.20. The van der Waals surface area contributed by atoms with Gasteiger partial charge in [-0.3, -0.25) is 4.99 Å². The van der Waals surface area contributed by atoms with Gasteiger partial charge in [-0.05, 0) is 12.5 Å². The second kappa shape index (κ2) is 5.32. The minimum atomic E-state index is -3.18. The predicted octanol–water partition coefficient (Wildman–Crippen LogP) is 1.86. The first-order chi connectivity index (χ1) is 8.47. The average Bonchev–Trinajstić information content (AvgIpc) is 2.74. The summed E-state index contributed by atoms with van der Waals surface area (Å²) >= 11 is 1.48. The molecule has 0 saturated heterocycles. The fourth-order valence-corrected chi connectivity index (χ4v) is 4.00. The SMILES string of the molecule is Cc1cccc(CSC2=NCCN2S(C)(=O)=O)c1. The highest BCUT2D eigenvalue weighted by Gasteiger charge is 2.25. The Bertz CT molecular complexity index is 567. The van der Waals surface area contributed by atoms with Crippen LogP contribution in [0.1, 0.15) is 11.1 Å². The van der Waals surface area contributed by atoms with Crippen LogP contribution in [0.2, 0.25) is 0 Å². The van der Waals surface area contributed by atoms with Crippen molar-refractivity contribution in [2.45, 2.75) is 12.7 Å². The maximum absolute atomic E-state index is 11.5. The Labute approximate surface area is 112 Å². The number of thioether (sulfide) groups is 1. The molecule has 1 aromatic carbocycles. The predicted molar refractivity (Wildman–Crippen MR) is 76.3 cm³/mol. The van der Waals surface area contributed by atoms with E-state index < -0.39 is 10.0 Å². The number of aryl methyl sites for hydroxylation is 1. The van der Waals surface area contributed by atoms with E-state index in [-0.39, 0.29) is 0 Å². The fourth-order valence-electron chi connectivity index (χ4n) is 1.79. The van der Waals surface area contributed by atoms with E-state index in [1.165, 1.54) is 33.4 Å². The highest BCUT2D eigenvalue weighted by molar-refractivity contribution is 8.14. The van der Waals surface area contributed by atoms with Crippen molar-refractivity contribution in [3.63, 3.8) is 0 Å². The Morgan fingerprint density at radius 2 is 2.22 bits per heavy atom. The maximum atomic E-state index is 11.5. The van der Waals surface area contributed by atoms with E-state index in [4.69, 9.17) is 0 Å². The van der Waals surface area contributed by atoms with E-state index in [1.54, 1.807) is 0 Å². The quantitative estimate of drug-likeness (QED) is 0.851. The third-order valence-corrected chi connectivity index (χ3v) is 4.97. The fraction of sp³-hybridized carbons (Fsp3) is 0.417. The molecule has 1 aliphatic rings. The second-order valence-corrected chi connectivity index (χ2v) is 7.13. The summed E-state index contributed by atoms with van der Waals surface area (Å²) in [7, 11) is -3.18. The van der Waals surface area contributed by atoms with Crippen LogP contribution in [0.3, 0.4) is 0 Å². The molecule has 0 fully saturated rings. The molecule has 0 unspecified atom stereocenters. The second-order valence-electron chi connectivity index (χ2n) is 4.28. The lowest BCUT2D eigenvalue weighted by atomic mass is 10.2. The zero-order valence-corrected chi connectivity index (χ0v) is 12.1. The van der Waals surface area contributed by atoms with E-state index >= 15 is 0 Å². The topological polar surface area (TPSA) is 49.7 Å². The van der Waals surface area contributed by atoms with Gasteiger partial charge >= 0.3 is 0 Å². The zero-order chi connectivity index (χ0) is 13.2. The molecule has 0 saturated carbocycles. The van der Waals surface area contributed by atoms with Crippen LogP contribution in [0, 0.1) is 6.92 Å². The third kappa shape index (κ3) is 3.26. The van der Waals surface area contributed by atoms with Gasteiger partial charge in [-0.2, -0.15) is 0 Å². The Morgan fingerprint density at radius 1 is 1.44 bits per heavy atom. The minimum absolute atomic E-state index is 0.467. The average molecular weight is 284 g/mol. The summed E-state index contributed by atoms with van der Waals surface area (Å²) < 4.78 is 24.5. The van der Waals surface area contributed by atoms with Crippen LogP contribution >= 0.6 is 11.8 Å². The van der Waals surface area contributed by atoms with Gasteiger partial charge in [-0.25, -0.2) is 12.7 Å². The first-order valence-corrected chi connectivity index (χ1v) is 8.51. The number of amidine groups is 1. The van der Waals surface area contributed by atoms with Crippen LogP contribution in [0.5, 0.6) is 0 Å². The van der Waals surface area contributed by atoms with Crippen LogP contribution < -0.4 is 0 Å². The van der Waals surface area contributed by atoms with Crippen molar-refractivity contribution in [2.75, 3.05) is 19.3 Å². The number of aliphatic imine (C=N–C) groups is 1. The molecule has 0 bridgehead atoms. The van der Waals surface area contributed by atoms with Crippen molar-refractivity contribution >= 4 is 27.0 Å². The summed E-state index contributed by atoms with van der Waals surface area (Å²) in [6.45, 7) is 3.07. The van der Waals surface area contributed by atoms with Gasteiger partial charge < -0.3 is 0 Å². The van der Waals surface area contributed by atoms with Gasteiger partial charge in [0.05, 0.1) is 19.3 Å². The molecule has 98 valence electrons.